The highest BCUT2D eigenvalue weighted by molar-refractivity contribution is 6.03. The summed E-state index contributed by atoms with van der Waals surface area (Å²) in [7, 11) is 1.35. The summed E-state index contributed by atoms with van der Waals surface area (Å²) in [6, 6.07) is 0.504. The summed E-state index contributed by atoms with van der Waals surface area (Å²) in [5.41, 5.74) is -1.30. The Balaban J connectivity index is 1.72. The standard InChI is InChI=1S/C14H15F3N4O3/c1-20-11(22)4-7(13(20)24)6-18-12(23)9-5-10(14(15,16)17)19-21(9)8-2-3-8/h5,7-8H,2-4,6H2,1H3,(H,18,23). The van der Waals surface area contributed by atoms with Gasteiger partial charge in [0.25, 0.3) is 5.91 Å². The van der Waals surface area contributed by atoms with Gasteiger partial charge < -0.3 is 5.32 Å². The Morgan fingerprint density at radius 2 is 2.04 bits per heavy atom. The smallest absolute Gasteiger partial charge is 0.350 e. The third-order valence-corrected chi connectivity index (χ3v) is 4.14. The van der Waals surface area contributed by atoms with E-state index in [0.29, 0.717) is 18.9 Å². The zero-order valence-corrected chi connectivity index (χ0v) is 12.8. The predicted molar refractivity (Wildman–Crippen MR) is 73.7 cm³/mol. The molecule has 1 aliphatic carbocycles. The third kappa shape index (κ3) is 3.00. The summed E-state index contributed by atoms with van der Waals surface area (Å²) < 4.78 is 39.5. The van der Waals surface area contributed by atoms with Crippen molar-refractivity contribution in [1.29, 1.82) is 0 Å². The van der Waals surface area contributed by atoms with Gasteiger partial charge in [-0.1, -0.05) is 0 Å². The number of nitrogens with zero attached hydrogens (tertiary/aromatic N) is 3. The van der Waals surface area contributed by atoms with Gasteiger partial charge in [-0.15, -0.1) is 0 Å². The number of hydrogen-bond acceptors (Lipinski definition) is 4. The highest BCUT2D eigenvalue weighted by atomic mass is 19.4. The average molecular weight is 344 g/mol. The summed E-state index contributed by atoms with van der Waals surface area (Å²) in [5, 5.41) is 5.92. The molecule has 2 fully saturated rings. The predicted octanol–water partition coefficient (Wildman–Crippen LogP) is 0.971. The van der Waals surface area contributed by atoms with E-state index < -0.39 is 29.6 Å². The van der Waals surface area contributed by atoms with Crippen molar-refractivity contribution in [3.63, 3.8) is 0 Å². The van der Waals surface area contributed by atoms with E-state index in [1.54, 1.807) is 0 Å². The zero-order chi connectivity index (χ0) is 17.6. The molecule has 1 saturated heterocycles. The van der Waals surface area contributed by atoms with Gasteiger partial charge in [0.1, 0.15) is 5.69 Å². The highest BCUT2D eigenvalue weighted by Gasteiger charge is 2.39. The second-order valence-electron chi connectivity index (χ2n) is 5.99. The van der Waals surface area contributed by atoms with Crippen LogP contribution in [-0.2, 0) is 15.8 Å². The maximum Gasteiger partial charge on any atom is 0.435 e. The van der Waals surface area contributed by atoms with Crippen LogP contribution in [-0.4, -0.2) is 46.0 Å². The lowest BCUT2D eigenvalue weighted by atomic mass is 10.1. The van der Waals surface area contributed by atoms with E-state index in [-0.39, 0.29) is 30.6 Å². The molecule has 3 rings (SSSR count). The first-order chi connectivity index (χ1) is 11.2. The molecule has 24 heavy (non-hydrogen) atoms. The Morgan fingerprint density at radius 3 is 2.54 bits per heavy atom. The number of carbonyl (C=O) groups is 3. The molecule has 0 radical (unpaired) electrons. The van der Waals surface area contributed by atoms with Crippen LogP contribution in [0.5, 0.6) is 0 Å². The summed E-state index contributed by atoms with van der Waals surface area (Å²) in [6.45, 7) is -0.106. The molecule has 1 unspecified atom stereocenters. The number of amides is 3. The monoisotopic (exact) mass is 344 g/mol. The van der Waals surface area contributed by atoms with Crippen molar-refractivity contribution in [2.24, 2.45) is 5.92 Å². The summed E-state index contributed by atoms with van der Waals surface area (Å²) in [4.78, 5) is 36.4. The molecule has 0 bridgehead atoms. The Hall–Kier alpha value is -2.39. The van der Waals surface area contributed by atoms with Crippen LogP contribution in [0.15, 0.2) is 6.07 Å². The van der Waals surface area contributed by atoms with E-state index in [4.69, 9.17) is 0 Å². The normalized spacial score (nSPS) is 21.5. The maximum absolute atomic E-state index is 12.8. The molecule has 1 aliphatic heterocycles. The fourth-order valence-corrected chi connectivity index (χ4v) is 2.60. The Morgan fingerprint density at radius 1 is 1.38 bits per heavy atom. The molecule has 1 aromatic rings. The largest absolute Gasteiger partial charge is 0.435 e. The molecule has 1 aromatic heterocycles. The minimum absolute atomic E-state index is 0.0225. The van der Waals surface area contributed by atoms with Crippen LogP contribution in [0.3, 0.4) is 0 Å². The van der Waals surface area contributed by atoms with Crippen LogP contribution in [0.4, 0.5) is 13.2 Å². The van der Waals surface area contributed by atoms with Crippen LogP contribution < -0.4 is 5.32 Å². The first kappa shape index (κ1) is 16.5. The van der Waals surface area contributed by atoms with Gasteiger partial charge in [-0.05, 0) is 12.8 Å². The fraction of sp³-hybridized carbons (Fsp3) is 0.571. The van der Waals surface area contributed by atoms with Crippen molar-refractivity contribution in [1.82, 2.24) is 20.0 Å². The molecule has 1 saturated carbocycles. The Bertz CT molecular complexity index is 709. The number of likely N-dealkylation sites (tertiary alicyclic amines) is 1. The summed E-state index contributed by atoms with van der Waals surface area (Å²) in [6.07, 6.45) is -3.32. The van der Waals surface area contributed by atoms with Crippen molar-refractivity contribution in [2.75, 3.05) is 13.6 Å². The quantitative estimate of drug-likeness (QED) is 0.825. The lowest BCUT2D eigenvalue weighted by Gasteiger charge is -2.11. The number of rotatable bonds is 4. The molecule has 10 heteroatoms. The van der Waals surface area contributed by atoms with Gasteiger partial charge in [0.05, 0.1) is 12.0 Å². The van der Waals surface area contributed by atoms with Crippen molar-refractivity contribution in [2.45, 2.75) is 31.5 Å². The van der Waals surface area contributed by atoms with Gasteiger partial charge >= 0.3 is 6.18 Å². The molecule has 3 amide bonds. The number of carbonyl (C=O) groups excluding carboxylic acids is 3. The number of imide groups is 1. The van der Waals surface area contributed by atoms with E-state index >= 15 is 0 Å². The molecular formula is C14H15F3N4O3. The van der Waals surface area contributed by atoms with Gasteiger partial charge in [-0.3, -0.25) is 24.0 Å². The minimum Gasteiger partial charge on any atom is -0.350 e. The van der Waals surface area contributed by atoms with Crippen LogP contribution in [0.2, 0.25) is 0 Å². The molecule has 130 valence electrons. The minimum atomic E-state index is -4.63. The van der Waals surface area contributed by atoms with E-state index in [2.05, 4.69) is 10.4 Å². The fourth-order valence-electron chi connectivity index (χ4n) is 2.60. The van der Waals surface area contributed by atoms with Gasteiger partial charge in [0, 0.05) is 26.1 Å². The van der Waals surface area contributed by atoms with Crippen molar-refractivity contribution < 1.29 is 27.6 Å². The SMILES string of the molecule is CN1C(=O)CC(CNC(=O)c2cc(C(F)(F)F)nn2C2CC2)C1=O. The summed E-state index contributed by atoms with van der Waals surface area (Å²) in [5.74, 6) is -2.18. The van der Waals surface area contributed by atoms with E-state index in [1.165, 1.54) is 7.05 Å². The van der Waals surface area contributed by atoms with Crippen LogP contribution in [0.1, 0.15) is 41.5 Å². The molecule has 0 spiro atoms. The van der Waals surface area contributed by atoms with Crippen molar-refractivity contribution in [3.05, 3.63) is 17.5 Å². The van der Waals surface area contributed by atoms with Gasteiger partial charge in [0.15, 0.2) is 5.69 Å². The summed E-state index contributed by atoms with van der Waals surface area (Å²) >= 11 is 0. The lowest BCUT2D eigenvalue weighted by Crippen LogP contribution is -2.34. The number of aromatic nitrogens is 2. The second-order valence-corrected chi connectivity index (χ2v) is 5.99. The van der Waals surface area contributed by atoms with Gasteiger partial charge in [-0.25, -0.2) is 0 Å². The van der Waals surface area contributed by atoms with Crippen molar-refractivity contribution in [3.8, 4) is 0 Å². The Labute approximate surface area is 134 Å². The van der Waals surface area contributed by atoms with E-state index in [0.717, 1.165) is 9.58 Å². The van der Waals surface area contributed by atoms with Crippen LogP contribution in [0.25, 0.3) is 0 Å². The van der Waals surface area contributed by atoms with Crippen LogP contribution in [0, 0.1) is 5.92 Å². The second kappa shape index (κ2) is 5.60. The third-order valence-electron chi connectivity index (χ3n) is 4.14. The molecule has 0 aromatic carbocycles. The molecular weight excluding hydrogens is 329 g/mol. The lowest BCUT2D eigenvalue weighted by molar-refractivity contribution is -0.141. The molecule has 7 nitrogen and oxygen atoms in total. The molecule has 2 heterocycles. The Kier molecular flexibility index (Phi) is 3.84. The topological polar surface area (TPSA) is 84.3 Å². The van der Waals surface area contributed by atoms with Gasteiger partial charge in [-0.2, -0.15) is 18.3 Å². The van der Waals surface area contributed by atoms with Crippen molar-refractivity contribution >= 4 is 17.7 Å². The first-order valence-electron chi connectivity index (χ1n) is 7.44. The molecule has 2 aliphatic rings. The average Bonchev–Trinajstić information content (AvgIpc) is 3.20. The number of nitrogens with one attached hydrogen (secondary N) is 1. The first-order valence-corrected chi connectivity index (χ1v) is 7.44. The van der Waals surface area contributed by atoms with Gasteiger partial charge in [0.2, 0.25) is 11.8 Å². The van der Waals surface area contributed by atoms with Crippen LogP contribution >= 0.6 is 0 Å². The van der Waals surface area contributed by atoms with E-state index in [1.807, 2.05) is 0 Å². The highest BCUT2D eigenvalue weighted by Crippen LogP contribution is 2.37. The number of hydrogen-bond donors (Lipinski definition) is 1. The maximum atomic E-state index is 12.8. The molecule has 1 atom stereocenters. The van der Waals surface area contributed by atoms with E-state index in [9.17, 15) is 27.6 Å². The zero-order valence-electron chi connectivity index (χ0n) is 12.8. The number of alkyl halides is 3. The molecule has 1 N–H and O–H groups in total. The number of halogens is 3.